The lowest BCUT2D eigenvalue weighted by Gasteiger charge is -2.02. The second-order valence-electron chi connectivity index (χ2n) is 2.90. The van der Waals surface area contributed by atoms with Crippen molar-refractivity contribution in [3.63, 3.8) is 0 Å². The molecule has 5 nitrogen and oxygen atoms in total. The maximum absolute atomic E-state index is 7.28. The number of hydrogen-bond donors (Lipinski definition) is 3. The van der Waals surface area contributed by atoms with Crippen molar-refractivity contribution >= 4 is 22.6 Å². The van der Waals surface area contributed by atoms with E-state index < -0.39 is 0 Å². The number of hydrogen-bond acceptors (Lipinski definition) is 4. The number of benzene rings is 1. The van der Waals surface area contributed by atoms with E-state index in [1.807, 2.05) is 0 Å². The molecular weight excluding hydrogens is 178 g/mol. The highest BCUT2D eigenvalue weighted by molar-refractivity contribution is 6.00. The van der Waals surface area contributed by atoms with Gasteiger partial charge < -0.3 is 11.5 Å². The summed E-state index contributed by atoms with van der Waals surface area (Å²) in [5, 5.41) is 8.00. The van der Waals surface area contributed by atoms with Crippen molar-refractivity contribution in [1.82, 2.24) is 9.97 Å². The van der Waals surface area contributed by atoms with E-state index in [1.165, 1.54) is 6.33 Å². The molecule has 70 valence electrons. The molecule has 1 aromatic heterocycles. The van der Waals surface area contributed by atoms with Gasteiger partial charge in [0.05, 0.1) is 5.52 Å². The molecule has 0 saturated carbocycles. The lowest BCUT2D eigenvalue weighted by molar-refractivity contribution is 1.23. The summed E-state index contributed by atoms with van der Waals surface area (Å²) in [7, 11) is 0. The van der Waals surface area contributed by atoms with E-state index in [0.717, 1.165) is 10.9 Å². The molecule has 5 heteroatoms. The molecule has 0 aliphatic rings. The molecule has 0 atom stereocenters. The van der Waals surface area contributed by atoms with Crippen LogP contribution in [-0.4, -0.2) is 15.8 Å². The summed E-state index contributed by atoms with van der Waals surface area (Å²) in [5.74, 6) is 0.410. The van der Waals surface area contributed by atoms with Crippen LogP contribution < -0.4 is 11.5 Å². The van der Waals surface area contributed by atoms with Gasteiger partial charge in [0.1, 0.15) is 18.0 Å². The first kappa shape index (κ1) is 8.43. The summed E-state index contributed by atoms with van der Waals surface area (Å²) >= 11 is 0. The van der Waals surface area contributed by atoms with Gasteiger partial charge in [0, 0.05) is 10.9 Å². The van der Waals surface area contributed by atoms with Gasteiger partial charge in [-0.2, -0.15) is 0 Å². The van der Waals surface area contributed by atoms with Gasteiger partial charge in [-0.25, -0.2) is 9.97 Å². The highest BCUT2D eigenvalue weighted by atomic mass is 14.9. The Morgan fingerprint density at radius 1 is 1.29 bits per heavy atom. The van der Waals surface area contributed by atoms with Gasteiger partial charge in [0.25, 0.3) is 0 Å². The van der Waals surface area contributed by atoms with Crippen LogP contribution >= 0.6 is 0 Å². The van der Waals surface area contributed by atoms with Gasteiger partial charge in [0.2, 0.25) is 0 Å². The monoisotopic (exact) mass is 187 g/mol. The van der Waals surface area contributed by atoms with E-state index >= 15 is 0 Å². The molecule has 2 rings (SSSR count). The minimum absolute atomic E-state index is 0.00940. The molecule has 0 saturated heterocycles. The van der Waals surface area contributed by atoms with Crippen LogP contribution in [0.1, 0.15) is 5.56 Å². The predicted octanol–water partition coefficient (Wildman–Crippen LogP) is 0.496. The van der Waals surface area contributed by atoms with Crippen molar-refractivity contribution in [2.24, 2.45) is 5.73 Å². The van der Waals surface area contributed by atoms with Gasteiger partial charge in [-0.3, -0.25) is 5.41 Å². The fourth-order valence-corrected chi connectivity index (χ4v) is 1.24. The molecule has 0 bridgehead atoms. The average molecular weight is 187 g/mol. The Bertz CT molecular complexity index is 506. The maximum Gasteiger partial charge on any atom is 0.134 e. The molecule has 0 aliphatic heterocycles. The smallest absolute Gasteiger partial charge is 0.134 e. The molecule has 2 aromatic rings. The van der Waals surface area contributed by atoms with Crippen LogP contribution in [0, 0.1) is 5.41 Å². The first-order chi connectivity index (χ1) is 6.68. The van der Waals surface area contributed by atoms with Gasteiger partial charge in [0.15, 0.2) is 0 Å². The van der Waals surface area contributed by atoms with E-state index in [9.17, 15) is 0 Å². The number of aromatic nitrogens is 2. The fourth-order valence-electron chi connectivity index (χ4n) is 1.24. The highest BCUT2D eigenvalue weighted by Crippen LogP contribution is 2.17. The molecule has 0 fully saturated rings. The minimum Gasteiger partial charge on any atom is -0.384 e. The maximum atomic E-state index is 7.28. The summed E-state index contributed by atoms with van der Waals surface area (Å²) in [6.45, 7) is 0. The molecule has 0 radical (unpaired) electrons. The van der Waals surface area contributed by atoms with Gasteiger partial charge in [-0.05, 0) is 18.2 Å². The highest BCUT2D eigenvalue weighted by Gasteiger charge is 2.02. The Labute approximate surface area is 80.3 Å². The number of nitrogens with two attached hydrogens (primary N) is 2. The molecule has 0 spiro atoms. The SMILES string of the molecule is N=C(N)c1ccc2ncnc(N)c2c1. The summed E-state index contributed by atoms with van der Waals surface area (Å²) in [4.78, 5) is 7.90. The number of fused-ring (bicyclic) bond motifs is 1. The molecule has 14 heavy (non-hydrogen) atoms. The van der Waals surface area contributed by atoms with E-state index in [4.69, 9.17) is 16.9 Å². The van der Waals surface area contributed by atoms with E-state index in [1.54, 1.807) is 18.2 Å². The average Bonchev–Trinajstić information content (AvgIpc) is 2.18. The topological polar surface area (TPSA) is 102 Å². The number of nitrogen functional groups attached to an aromatic ring is 2. The van der Waals surface area contributed by atoms with E-state index in [-0.39, 0.29) is 5.84 Å². The van der Waals surface area contributed by atoms with Crippen molar-refractivity contribution < 1.29 is 0 Å². The zero-order chi connectivity index (χ0) is 10.1. The van der Waals surface area contributed by atoms with Crippen molar-refractivity contribution in [2.75, 3.05) is 5.73 Å². The van der Waals surface area contributed by atoms with Crippen molar-refractivity contribution in [2.45, 2.75) is 0 Å². The third-order valence-electron chi connectivity index (χ3n) is 1.98. The third kappa shape index (κ3) is 1.24. The lowest BCUT2D eigenvalue weighted by atomic mass is 10.1. The Kier molecular flexibility index (Phi) is 1.78. The number of nitrogens with zero attached hydrogens (tertiary/aromatic N) is 2. The summed E-state index contributed by atoms with van der Waals surface area (Å²) in [6, 6.07) is 5.22. The lowest BCUT2D eigenvalue weighted by Crippen LogP contribution is -2.10. The van der Waals surface area contributed by atoms with Crippen LogP contribution in [0.25, 0.3) is 10.9 Å². The Morgan fingerprint density at radius 2 is 2.07 bits per heavy atom. The summed E-state index contributed by atoms with van der Waals surface area (Å²) < 4.78 is 0. The molecule has 0 amide bonds. The molecule has 0 unspecified atom stereocenters. The second-order valence-corrected chi connectivity index (χ2v) is 2.90. The van der Waals surface area contributed by atoms with Crippen molar-refractivity contribution in [1.29, 1.82) is 5.41 Å². The molecule has 0 aliphatic carbocycles. The second kappa shape index (κ2) is 2.95. The molecular formula is C9H9N5. The summed E-state index contributed by atoms with van der Waals surface area (Å²) in [5.41, 5.74) is 12.4. The van der Waals surface area contributed by atoms with Gasteiger partial charge in [-0.15, -0.1) is 0 Å². The Morgan fingerprint density at radius 3 is 2.79 bits per heavy atom. The first-order valence-corrected chi connectivity index (χ1v) is 4.03. The number of rotatable bonds is 1. The predicted molar refractivity (Wildman–Crippen MR) is 55.0 cm³/mol. The van der Waals surface area contributed by atoms with Gasteiger partial charge in [-0.1, -0.05) is 0 Å². The normalized spacial score (nSPS) is 10.3. The molecule has 1 aromatic carbocycles. The zero-order valence-electron chi connectivity index (χ0n) is 7.36. The quantitative estimate of drug-likeness (QED) is 0.446. The van der Waals surface area contributed by atoms with E-state index in [0.29, 0.717) is 11.4 Å². The van der Waals surface area contributed by atoms with Crippen LogP contribution in [0.4, 0.5) is 5.82 Å². The summed E-state index contributed by atoms with van der Waals surface area (Å²) in [6.07, 6.45) is 1.41. The number of anilines is 1. The number of amidine groups is 1. The zero-order valence-corrected chi connectivity index (χ0v) is 7.36. The molecule has 5 N–H and O–H groups in total. The van der Waals surface area contributed by atoms with Gasteiger partial charge >= 0.3 is 0 Å². The van der Waals surface area contributed by atoms with Crippen LogP contribution in [0.5, 0.6) is 0 Å². The number of nitrogens with one attached hydrogen (secondary N) is 1. The largest absolute Gasteiger partial charge is 0.384 e. The fraction of sp³-hybridized carbons (Fsp3) is 0. The molecule has 1 heterocycles. The van der Waals surface area contributed by atoms with Crippen LogP contribution in [-0.2, 0) is 0 Å². The van der Waals surface area contributed by atoms with Crippen LogP contribution in [0.2, 0.25) is 0 Å². The standard InChI is InChI=1S/C9H9N5/c10-8(11)5-1-2-7-6(3-5)9(12)14-4-13-7/h1-4H,(H3,10,11)(H2,12,13,14). The van der Waals surface area contributed by atoms with E-state index in [2.05, 4.69) is 9.97 Å². The van der Waals surface area contributed by atoms with Crippen molar-refractivity contribution in [3.05, 3.63) is 30.1 Å². The Hall–Kier alpha value is -2.17. The van der Waals surface area contributed by atoms with Crippen LogP contribution in [0.15, 0.2) is 24.5 Å². The van der Waals surface area contributed by atoms with Crippen molar-refractivity contribution in [3.8, 4) is 0 Å². The minimum atomic E-state index is 0.00940. The van der Waals surface area contributed by atoms with Crippen LogP contribution in [0.3, 0.4) is 0 Å². The first-order valence-electron chi connectivity index (χ1n) is 4.03. The third-order valence-corrected chi connectivity index (χ3v) is 1.98. The Balaban J connectivity index is 2.76.